The van der Waals surface area contributed by atoms with Crippen molar-refractivity contribution < 1.29 is 14.3 Å². The average molecular weight is 416 g/mol. The van der Waals surface area contributed by atoms with Gasteiger partial charge in [0.1, 0.15) is 12.7 Å². The fraction of sp³-hybridized carbons (Fsp3) is 0.381. The lowest BCUT2D eigenvalue weighted by atomic mass is 9.83. The summed E-state index contributed by atoms with van der Waals surface area (Å²) in [5.41, 5.74) is 2.99. The maximum Gasteiger partial charge on any atom is 0.509 e. The number of carbonyl (C=O) groups is 1. The smallest absolute Gasteiger partial charge is 0.429 e. The largest absolute Gasteiger partial charge is 0.509 e. The first-order valence-electron chi connectivity index (χ1n) is 9.05. The summed E-state index contributed by atoms with van der Waals surface area (Å²) in [7, 11) is 0. The summed E-state index contributed by atoms with van der Waals surface area (Å²) in [4.78, 5) is 12.3. The molecule has 0 unspecified atom stereocenters. The van der Waals surface area contributed by atoms with Gasteiger partial charge in [-0.3, -0.25) is 0 Å². The van der Waals surface area contributed by atoms with Crippen LogP contribution in [0.25, 0.3) is 0 Å². The molecule has 3 atom stereocenters. The lowest BCUT2D eigenvalue weighted by molar-refractivity contribution is -0.00618. The van der Waals surface area contributed by atoms with Gasteiger partial charge in [0.2, 0.25) is 0 Å². The molecule has 1 saturated carbocycles. The van der Waals surface area contributed by atoms with Crippen molar-refractivity contribution in [2.45, 2.75) is 38.5 Å². The third-order valence-electron chi connectivity index (χ3n) is 5.24. The normalized spacial score (nSPS) is 24.3. The lowest BCUT2D eigenvalue weighted by Gasteiger charge is -2.38. The zero-order valence-electron chi connectivity index (χ0n) is 14.7. The first kappa shape index (κ1) is 17.4. The molecular weight excluding hydrogens is 394 g/mol. The number of fused-ring (bicyclic) bond motifs is 1. The fourth-order valence-electron chi connectivity index (χ4n) is 3.71. The van der Waals surface area contributed by atoms with Gasteiger partial charge < -0.3 is 14.8 Å². The van der Waals surface area contributed by atoms with Crippen molar-refractivity contribution in [3.8, 4) is 0 Å². The van der Waals surface area contributed by atoms with Gasteiger partial charge in [0.25, 0.3) is 0 Å². The molecule has 4 nitrogen and oxygen atoms in total. The molecule has 1 heterocycles. The second kappa shape index (κ2) is 7.31. The van der Waals surface area contributed by atoms with Gasteiger partial charge in [-0.05, 0) is 42.5 Å². The third kappa shape index (κ3) is 3.73. The van der Waals surface area contributed by atoms with Crippen molar-refractivity contribution >= 4 is 27.8 Å². The molecule has 0 aromatic heterocycles. The summed E-state index contributed by atoms with van der Waals surface area (Å²) >= 11 is 3.52. The van der Waals surface area contributed by atoms with E-state index >= 15 is 0 Å². The highest BCUT2D eigenvalue weighted by molar-refractivity contribution is 9.10. The predicted octanol–water partition coefficient (Wildman–Crippen LogP) is 5.68. The molecule has 5 heteroatoms. The van der Waals surface area contributed by atoms with Crippen LogP contribution in [0.5, 0.6) is 0 Å². The number of carbonyl (C=O) groups excluding carboxylic acids is 1. The van der Waals surface area contributed by atoms with E-state index in [1.165, 1.54) is 12.8 Å². The van der Waals surface area contributed by atoms with Gasteiger partial charge in [0.05, 0.1) is 0 Å². The van der Waals surface area contributed by atoms with Crippen LogP contribution in [-0.4, -0.2) is 12.2 Å². The predicted molar refractivity (Wildman–Crippen MR) is 104 cm³/mol. The van der Waals surface area contributed by atoms with E-state index in [1.807, 2.05) is 48.5 Å². The van der Waals surface area contributed by atoms with Crippen molar-refractivity contribution in [3.63, 3.8) is 0 Å². The minimum atomic E-state index is -0.618. The van der Waals surface area contributed by atoms with E-state index in [4.69, 9.17) is 9.47 Å². The molecule has 26 heavy (non-hydrogen) atoms. The molecule has 1 aliphatic heterocycles. The van der Waals surface area contributed by atoms with Crippen molar-refractivity contribution in [2.24, 2.45) is 11.8 Å². The Balaban J connectivity index is 1.50. The van der Waals surface area contributed by atoms with Gasteiger partial charge in [-0.2, -0.15) is 0 Å². The van der Waals surface area contributed by atoms with E-state index in [9.17, 15) is 4.79 Å². The Morgan fingerprint density at radius 3 is 2.69 bits per heavy atom. The van der Waals surface area contributed by atoms with Crippen LogP contribution in [0.15, 0.2) is 53.0 Å². The summed E-state index contributed by atoms with van der Waals surface area (Å²) in [6, 6.07) is 16.0. The number of benzene rings is 2. The number of ether oxygens (including phenoxy) is 2. The van der Waals surface area contributed by atoms with Crippen LogP contribution in [0.4, 0.5) is 10.5 Å². The highest BCUT2D eigenvalue weighted by atomic mass is 79.9. The molecule has 2 aromatic rings. The van der Waals surface area contributed by atoms with E-state index in [-0.39, 0.29) is 18.6 Å². The van der Waals surface area contributed by atoms with E-state index in [0.717, 1.165) is 21.3 Å². The first-order valence-corrected chi connectivity index (χ1v) is 9.84. The van der Waals surface area contributed by atoms with Gasteiger partial charge in [-0.1, -0.05) is 53.2 Å². The second-order valence-electron chi connectivity index (χ2n) is 7.16. The monoisotopic (exact) mass is 415 g/mol. The summed E-state index contributed by atoms with van der Waals surface area (Å²) in [6.45, 7) is 2.37. The Labute approximate surface area is 162 Å². The summed E-state index contributed by atoms with van der Waals surface area (Å²) < 4.78 is 12.1. The Hall–Kier alpha value is -2.01. The summed E-state index contributed by atoms with van der Waals surface area (Å²) in [5.74, 6) is 0.849. The third-order valence-corrected chi connectivity index (χ3v) is 5.73. The maximum atomic E-state index is 12.3. The topological polar surface area (TPSA) is 47.6 Å². The molecule has 1 fully saturated rings. The van der Waals surface area contributed by atoms with Crippen LogP contribution < -0.4 is 5.32 Å². The van der Waals surface area contributed by atoms with Gasteiger partial charge in [-0.15, -0.1) is 0 Å². The molecule has 1 N–H and O–H groups in total. The maximum absolute atomic E-state index is 12.3. The van der Waals surface area contributed by atoms with Crippen molar-refractivity contribution in [1.29, 1.82) is 0 Å². The SMILES string of the molecule is C[C@@H]1[C@@H](OC(=O)OCc2ccccc2)c2cc(Br)ccc2N[C@H]1C1CC1. The van der Waals surface area contributed by atoms with E-state index in [1.54, 1.807) is 0 Å². The molecule has 0 saturated heterocycles. The molecule has 1 aliphatic carbocycles. The molecule has 0 radical (unpaired) electrons. The molecule has 2 aromatic carbocycles. The molecule has 2 aliphatic rings. The zero-order valence-corrected chi connectivity index (χ0v) is 16.2. The molecule has 0 amide bonds. The number of halogens is 1. The van der Waals surface area contributed by atoms with Crippen molar-refractivity contribution in [2.75, 3.05) is 5.32 Å². The molecule has 0 spiro atoms. The van der Waals surface area contributed by atoms with E-state index < -0.39 is 6.16 Å². The second-order valence-corrected chi connectivity index (χ2v) is 8.08. The Bertz CT molecular complexity index is 791. The van der Waals surface area contributed by atoms with Gasteiger partial charge in [0.15, 0.2) is 0 Å². The Kier molecular flexibility index (Phi) is 4.90. The van der Waals surface area contributed by atoms with Crippen molar-refractivity contribution in [1.82, 2.24) is 0 Å². The minimum Gasteiger partial charge on any atom is -0.429 e. The average Bonchev–Trinajstić information content (AvgIpc) is 3.48. The number of anilines is 1. The number of hydrogen-bond donors (Lipinski definition) is 1. The van der Waals surface area contributed by atoms with E-state index in [0.29, 0.717) is 12.0 Å². The van der Waals surface area contributed by atoms with Gasteiger partial charge in [-0.25, -0.2) is 4.79 Å². The Morgan fingerprint density at radius 1 is 1.19 bits per heavy atom. The van der Waals surface area contributed by atoms with Crippen molar-refractivity contribution in [3.05, 3.63) is 64.1 Å². The fourth-order valence-corrected chi connectivity index (χ4v) is 4.09. The first-order chi connectivity index (χ1) is 12.6. The lowest BCUT2D eigenvalue weighted by Crippen LogP contribution is -2.39. The molecule has 136 valence electrons. The van der Waals surface area contributed by atoms with Crippen LogP contribution >= 0.6 is 15.9 Å². The molecular formula is C21H22BrNO3. The number of hydrogen-bond acceptors (Lipinski definition) is 4. The number of rotatable bonds is 4. The molecule has 0 bridgehead atoms. The highest BCUT2D eigenvalue weighted by Gasteiger charge is 2.43. The summed E-state index contributed by atoms with van der Waals surface area (Å²) in [6.07, 6.45) is 1.55. The zero-order chi connectivity index (χ0) is 18.1. The quantitative estimate of drug-likeness (QED) is 0.652. The molecule has 4 rings (SSSR count). The highest BCUT2D eigenvalue weighted by Crippen LogP contribution is 2.47. The van der Waals surface area contributed by atoms with Crippen LogP contribution in [-0.2, 0) is 16.1 Å². The van der Waals surface area contributed by atoms with Crippen LogP contribution in [0.1, 0.15) is 37.0 Å². The van der Waals surface area contributed by atoms with Crippen LogP contribution in [0.3, 0.4) is 0 Å². The van der Waals surface area contributed by atoms with Crippen LogP contribution in [0.2, 0.25) is 0 Å². The van der Waals surface area contributed by atoms with Gasteiger partial charge in [0, 0.05) is 27.7 Å². The van der Waals surface area contributed by atoms with Gasteiger partial charge >= 0.3 is 6.16 Å². The van der Waals surface area contributed by atoms with Crippen LogP contribution in [0, 0.1) is 11.8 Å². The minimum absolute atomic E-state index is 0.188. The van der Waals surface area contributed by atoms with E-state index in [2.05, 4.69) is 28.2 Å². The standard InChI is InChI=1S/C21H22BrNO3/c1-13-19(15-7-8-15)23-18-10-9-16(22)11-17(18)20(13)26-21(24)25-12-14-5-3-2-4-6-14/h2-6,9-11,13,15,19-20,23H,7-8,12H2,1H3/t13-,19+,20+/m0/s1. The Morgan fingerprint density at radius 2 is 1.96 bits per heavy atom. The summed E-state index contributed by atoms with van der Waals surface area (Å²) in [5, 5.41) is 3.64. The number of nitrogens with one attached hydrogen (secondary N) is 1.